The molecular weight excluding hydrogens is 741 g/mol. The fourth-order valence-electron chi connectivity index (χ4n) is 8.33. The van der Waals surface area contributed by atoms with Crippen LogP contribution in [0.4, 0.5) is 22.7 Å². The molecule has 8 heteroatoms. The number of nitrogens with zero attached hydrogens (tertiary/aromatic N) is 6. The molecule has 0 saturated heterocycles. The van der Waals surface area contributed by atoms with Gasteiger partial charge in [0, 0.05) is 53.3 Å². The molecule has 0 amide bonds. The second-order valence-electron chi connectivity index (χ2n) is 14.8. The second-order valence-corrected chi connectivity index (χ2v) is 14.8. The van der Waals surface area contributed by atoms with Crippen molar-refractivity contribution in [2.24, 2.45) is 0 Å². The Morgan fingerprint density at radius 3 is 1.72 bits per heavy atom. The number of aromatic nitrogens is 4. The molecule has 1 aliphatic rings. The van der Waals surface area contributed by atoms with Crippen LogP contribution in [0.15, 0.2) is 182 Å². The van der Waals surface area contributed by atoms with Gasteiger partial charge in [-0.3, -0.25) is 14.2 Å². The van der Waals surface area contributed by atoms with Gasteiger partial charge in [-0.15, -0.1) is 0 Å². The molecule has 10 rings (SSSR count). The maximum atomic E-state index is 12.9. The average molecular weight is 779 g/mol. The molecule has 0 unspecified atom stereocenters. The Kier molecular flexibility index (Phi) is 9.14. The van der Waals surface area contributed by atoms with Crippen LogP contribution in [0, 0.1) is 0 Å². The van der Waals surface area contributed by atoms with Crippen LogP contribution in [0.2, 0.25) is 0 Å². The molecule has 5 aromatic carbocycles. The van der Waals surface area contributed by atoms with Gasteiger partial charge in [0.25, 0.3) is 0 Å². The van der Waals surface area contributed by atoms with Gasteiger partial charge < -0.3 is 9.80 Å². The molecule has 0 aliphatic carbocycles. The highest BCUT2D eigenvalue weighted by Gasteiger charge is 2.29. The maximum absolute atomic E-state index is 12.9. The number of hydrogen-bond acceptors (Lipinski definition) is 7. The van der Waals surface area contributed by atoms with Crippen molar-refractivity contribution in [1.29, 1.82) is 0 Å². The van der Waals surface area contributed by atoms with Crippen molar-refractivity contribution in [1.82, 2.24) is 19.5 Å². The molecular formula is C52H38N6O2. The predicted octanol–water partition coefficient (Wildman–Crippen LogP) is 11.6. The third kappa shape index (κ3) is 6.41. The smallest absolute Gasteiger partial charge is 0.178 e. The first-order valence-corrected chi connectivity index (χ1v) is 19.9. The number of Topliss-reactive ketones (excluding diaryl/α,β-unsaturated/α-hetero) is 2. The van der Waals surface area contributed by atoms with Crippen LogP contribution in [0.5, 0.6) is 0 Å². The summed E-state index contributed by atoms with van der Waals surface area (Å²) in [7, 11) is 0. The number of anilines is 4. The molecule has 60 heavy (non-hydrogen) atoms. The fourth-order valence-corrected chi connectivity index (χ4v) is 8.33. The molecule has 0 saturated carbocycles. The highest BCUT2D eigenvalue weighted by molar-refractivity contribution is 6.12. The highest BCUT2D eigenvalue weighted by atomic mass is 16.1. The van der Waals surface area contributed by atoms with E-state index in [-0.39, 0.29) is 11.6 Å². The van der Waals surface area contributed by atoms with Crippen molar-refractivity contribution < 1.29 is 9.59 Å². The van der Waals surface area contributed by atoms with E-state index in [2.05, 4.69) is 124 Å². The number of benzene rings is 5. The number of hydrogen-bond donors (Lipinski definition) is 0. The number of pyridine rings is 3. The molecule has 288 valence electrons. The topological polar surface area (TPSA) is 84.2 Å². The third-order valence-corrected chi connectivity index (χ3v) is 11.1. The maximum Gasteiger partial charge on any atom is 0.178 e. The van der Waals surface area contributed by atoms with Crippen molar-refractivity contribution >= 4 is 67.3 Å². The first-order valence-electron chi connectivity index (χ1n) is 19.9. The number of rotatable bonds is 9. The molecule has 0 bridgehead atoms. The summed E-state index contributed by atoms with van der Waals surface area (Å²) in [6.07, 6.45) is 1.81. The van der Waals surface area contributed by atoms with E-state index in [1.54, 1.807) is 12.1 Å². The lowest BCUT2D eigenvalue weighted by Gasteiger charge is -2.23. The summed E-state index contributed by atoms with van der Waals surface area (Å²) in [5.41, 5.74) is 11.4. The van der Waals surface area contributed by atoms with Crippen molar-refractivity contribution in [3.63, 3.8) is 0 Å². The molecule has 8 nitrogen and oxygen atoms in total. The standard InChI is InChI=1S/C52H38N6O2/c1-34(59)42-20-13-22-44(54-42)52(45-23-14-21-43(55-45)35(2)60)51(37-28-29-41-40-19-6-7-24-46(40)58(49(41)32-37)50-27-10-11-30-53-50)36-15-12-18-39(31-36)57-33-56(38-16-4-3-5-17-38)47-25-8-9-26-48(47)57/h3-32H,33H2,1-2H3. The SMILES string of the molecule is CC(=O)c1cccc(C(=C(c2cccc(N3CN(c4ccccc4)c4ccccc43)c2)c2ccc3c4ccccc4n(-c4ccccn4)c3c2)c2cccc(C(C)=O)n2)n1. The van der Waals surface area contributed by atoms with Gasteiger partial charge in [0.15, 0.2) is 11.6 Å². The van der Waals surface area contributed by atoms with Crippen molar-refractivity contribution in [2.45, 2.75) is 13.8 Å². The number of carbonyl (C=O) groups is 2. The number of ketones is 2. The van der Waals surface area contributed by atoms with Crippen molar-refractivity contribution in [3.8, 4) is 5.82 Å². The largest absolute Gasteiger partial charge is 0.321 e. The first kappa shape index (κ1) is 36.4. The summed E-state index contributed by atoms with van der Waals surface area (Å²) in [5.74, 6) is 0.500. The molecule has 0 fully saturated rings. The van der Waals surface area contributed by atoms with Gasteiger partial charge in [0.2, 0.25) is 0 Å². The fraction of sp³-hybridized carbons (Fsp3) is 0.0577. The van der Waals surface area contributed by atoms with Crippen LogP contribution in [0.3, 0.4) is 0 Å². The lowest BCUT2D eigenvalue weighted by atomic mass is 9.88. The third-order valence-electron chi connectivity index (χ3n) is 11.1. The Balaban J connectivity index is 1.27. The molecule has 0 radical (unpaired) electrons. The summed E-state index contributed by atoms with van der Waals surface area (Å²) in [6.45, 7) is 3.65. The minimum atomic E-state index is -0.151. The molecule has 4 aromatic heterocycles. The Morgan fingerprint density at radius 2 is 1.03 bits per heavy atom. The zero-order valence-corrected chi connectivity index (χ0v) is 33.0. The number of fused-ring (bicyclic) bond motifs is 4. The minimum Gasteiger partial charge on any atom is -0.321 e. The van der Waals surface area contributed by atoms with E-state index in [0.717, 1.165) is 67.1 Å². The van der Waals surface area contributed by atoms with Crippen LogP contribution in [0.1, 0.15) is 57.3 Å². The van der Waals surface area contributed by atoms with Gasteiger partial charge in [-0.25, -0.2) is 15.0 Å². The van der Waals surface area contributed by atoms with E-state index in [1.807, 2.05) is 60.8 Å². The normalized spacial score (nSPS) is 12.2. The van der Waals surface area contributed by atoms with E-state index in [0.29, 0.717) is 35.0 Å². The van der Waals surface area contributed by atoms with Crippen LogP contribution in [0.25, 0.3) is 38.8 Å². The van der Waals surface area contributed by atoms with Crippen molar-refractivity contribution in [2.75, 3.05) is 16.5 Å². The first-order chi connectivity index (χ1) is 29.4. The van der Waals surface area contributed by atoms with E-state index in [4.69, 9.17) is 15.0 Å². The summed E-state index contributed by atoms with van der Waals surface area (Å²) in [6, 6.07) is 59.2. The Morgan fingerprint density at radius 1 is 0.467 bits per heavy atom. The zero-order valence-electron chi connectivity index (χ0n) is 33.0. The van der Waals surface area contributed by atoms with Crippen molar-refractivity contribution in [3.05, 3.63) is 216 Å². The van der Waals surface area contributed by atoms with Crippen LogP contribution in [-0.2, 0) is 0 Å². The average Bonchev–Trinajstić information content (AvgIpc) is 3.85. The van der Waals surface area contributed by atoms with E-state index < -0.39 is 0 Å². The predicted molar refractivity (Wildman–Crippen MR) is 241 cm³/mol. The Labute approximate surface area is 347 Å². The number of carbonyl (C=O) groups excluding carboxylic acids is 2. The quantitative estimate of drug-likeness (QED) is 0.135. The Hall–Kier alpha value is -7.97. The van der Waals surface area contributed by atoms with E-state index in [9.17, 15) is 9.59 Å². The minimum absolute atomic E-state index is 0.151. The van der Waals surface area contributed by atoms with Crippen LogP contribution >= 0.6 is 0 Å². The monoisotopic (exact) mass is 778 g/mol. The van der Waals surface area contributed by atoms with Gasteiger partial charge >= 0.3 is 0 Å². The Bertz CT molecular complexity index is 3090. The summed E-state index contributed by atoms with van der Waals surface area (Å²) >= 11 is 0. The van der Waals surface area contributed by atoms with E-state index >= 15 is 0 Å². The van der Waals surface area contributed by atoms with Gasteiger partial charge in [-0.1, -0.05) is 91.0 Å². The molecule has 0 spiro atoms. The van der Waals surface area contributed by atoms with Gasteiger partial charge in [-0.2, -0.15) is 0 Å². The molecule has 9 aromatic rings. The highest BCUT2D eigenvalue weighted by Crippen LogP contribution is 2.46. The molecule has 1 aliphatic heterocycles. The van der Waals surface area contributed by atoms with Crippen LogP contribution in [-0.4, -0.2) is 37.8 Å². The lowest BCUT2D eigenvalue weighted by Crippen LogP contribution is -2.23. The molecule has 0 atom stereocenters. The lowest BCUT2D eigenvalue weighted by molar-refractivity contribution is 0.100. The summed E-state index contributed by atoms with van der Waals surface area (Å²) in [5, 5.41) is 2.19. The van der Waals surface area contributed by atoms with E-state index in [1.165, 1.54) is 13.8 Å². The molecule has 5 heterocycles. The summed E-state index contributed by atoms with van der Waals surface area (Å²) < 4.78 is 2.20. The second kappa shape index (κ2) is 15.1. The van der Waals surface area contributed by atoms with Gasteiger partial charge in [0.1, 0.15) is 23.9 Å². The zero-order chi connectivity index (χ0) is 40.7. The van der Waals surface area contributed by atoms with Gasteiger partial charge in [0.05, 0.1) is 33.8 Å². The van der Waals surface area contributed by atoms with Gasteiger partial charge in [-0.05, 0) is 96.1 Å². The molecule has 0 N–H and O–H groups in total. The number of para-hydroxylation sites is 4. The summed E-state index contributed by atoms with van der Waals surface area (Å²) in [4.78, 5) is 45.1. The van der Waals surface area contributed by atoms with Crippen LogP contribution < -0.4 is 9.80 Å².